The zero-order valence-electron chi connectivity index (χ0n) is 10.9. The van der Waals surface area contributed by atoms with E-state index in [1.807, 2.05) is 4.98 Å². The number of rotatable bonds is 2. The van der Waals surface area contributed by atoms with Gasteiger partial charge in [0, 0.05) is 19.2 Å². The number of likely N-dealkylation sites (tertiary alicyclic amines) is 1. The van der Waals surface area contributed by atoms with Crippen LogP contribution in [0, 0.1) is 5.41 Å². The highest BCUT2D eigenvalue weighted by molar-refractivity contribution is 5.92. The van der Waals surface area contributed by atoms with E-state index in [1.54, 1.807) is 6.92 Å². The summed E-state index contributed by atoms with van der Waals surface area (Å²) in [5.74, 6) is -1.35. The van der Waals surface area contributed by atoms with Crippen molar-refractivity contribution < 1.29 is 14.7 Å². The molecule has 0 radical (unpaired) electrons. The fourth-order valence-corrected chi connectivity index (χ4v) is 2.17. The molecule has 0 aliphatic carbocycles. The maximum Gasteiger partial charge on any atom is 0.326 e. The second kappa shape index (κ2) is 4.95. The number of nitrogens with zero attached hydrogens (tertiary/aromatic N) is 1. The Kier molecular flexibility index (Phi) is 3.47. The van der Waals surface area contributed by atoms with Crippen molar-refractivity contribution in [1.29, 1.82) is 0 Å². The second-order valence-corrected chi connectivity index (χ2v) is 5.16. The molecule has 1 aromatic heterocycles. The van der Waals surface area contributed by atoms with Crippen LogP contribution in [0.25, 0.3) is 0 Å². The van der Waals surface area contributed by atoms with Crippen molar-refractivity contribution >= 4 is 11.9 Å². The third-order valence-corrected chi connectivity index (χ3v) is 3.66. The number of carboxylic acid groups (broad SMARTS) is 1. The molecule has 8 nitrogen and oxygen atoms in total. The minimum Gasteiger partial charge on any atom is -0.481 e. The lowest BCUT2D eigenvalue weighted by Gasteiger charge is -2.36. The Morgan fingerprint density at radius 3 is 2.35 bits per heavy atom. The van der Waals surface area contributed by atoms with Gasteiger partial charge in [0.25, 0.3) is 11.5 Å². The number of hydrogen-bond donors (Lipinski definition) is 3. The van der Waals surface area contributed by atoms with Gasteiger partial charge in [-0.3, -0.25) is 19.4 Å². The molecule has 20 heavy (non-hydrogen) atoms. The van der Waals surface area contributed by atoms with E-state index < -0.39 is 28.5 Å². The monoisotopic (exact) mass is 281 g/mol. The molecule has 1 aliphatic heterocycles. The summed E-state index contributed by atoms with van der Waals surface area (Å²) in [7, 11) is 0. The Bertz CT molecular complexity index is 623. The lowest BCUT2D eigenvalue weighted by molar-refractivity contribution is -0.150. The molecule has 3 N–H and O–H groups in total. The molecule has 2 heterocycles. The minimum absolute atomic E-state index is 0.0855. The van der Waals surface area contributed by atoms with Crippen molar-refractivity contribution in [3.63, 3.8) is 0 Å². The summed E-state index contributed by atoms with van der Waals surface area (Å²) in [6.45, 7) is 2.19. The Balaban J connectivity index is 2.15. The van der Waals surface area contributed by atoms with Crippen molar-refractivity contribution in [2.45, 2.75) is 19.8 Å². The zero-order valence-corrected chi connectivity index (χ0v) is 10.9. The summed E-state index contributed by atoms with van der Waals surface area (Å²) in [4.78, 5) is 51.2. The molecule has 0 spiro atoms. The molecule has 2 rings (SSSR count). The Hall–Kier alpha value is -2.38. The predicted molar refractivity (Wildman–Crippen MR) is 68.6 cm³/mol. The van der Waals surface area contributed by atoms with Gasteiger partial charge in [-0.05, 0) is 19.8 Å². The molecular formula is C12H15N3O5. The SMILES string of the molecule is CC1(C(=O)O)CCN(C(=O)c2cc(=O)[nH]c(=O)[nH]2)CC1. The number of carbonyl (C=O) groups excluding carboxylic acids is 1. The number of piperidine rings is 1. The van der Waals surface area contributed by atoms with E-state index in [0.717, 1.165) is 6.07 Å². The largest absolute Gasteiger partial charge is 0.481 e. The average molecular weight is 281 g/mol. The standard InChI is InChI=1S/C12H15N3O5/c1-12(10(18)19)2-4-15(5-3-12)9(17)7-6-8(16)14-11(20)13-7/h6H,2-5H2,1H3,(H,18,19)(H2,13,14,16,20). The third-order valence-electron chi connectivity index (χ3n) is 3.66. The van der Waals surface area contributed by atoms with Crippen molar-refractivity contribution in [3.8, 4) is 0 Å². The number of carboxylic acids is 1. The molecule has 1 fully saturated rings. The van der Waals surface area contributed by atoms with Crippen LogP contribution < -0.4 is 11.2 Å². The minimum atomic E-state index is -0.880. The van der Waals surface area contributed by atoms with Crippen LogP contribution in [-0.2, 0) is 4.79 Å². The van der Waals surface area contributed by atoms with Crippen LogP contribution in [0.3, 0.4) is 0 Å². The van der Waals surface area contributed by atoms with Gasteiger partial charge in [-0.25, -0.2) is 4.79 Å². The van der Waals surface area contributed by atoms with Gasteiger partial charge >= 0.3 is 11.7 Å². The number of H-pyrrole nitrogens is 2. The highest BCUT2D eigenvalue weighted by Crippen LogP contribution is 2.31. The molecule has 108 valence electrons. The fourth-order valence-electron chi connectivity index (χ4n) is 2.17. The number of aliphatic carboxylic acids is 1. The topological polar surface area (TPSA) is 123 Å². The van der Waals surface area contributed by atoms with Gasteiger partial charge in [-0.15, -0.1) is 0 Å². The first-order chi connectivity index (χ1) is 9.32. The van der Waals surface area contributed by atoms with Crippen LogP contribution in [0.4, 0.5) is 0 Å². The van der Waals surface area contributed by atoms with Crippen LogP contribution >= 0.6 is 0 Å². The number of aromatic amines is 2. The van der Waals surface area contributed by atoms with Crippen LogP contribution in [0.1, 0.15) is 30.3 Å². The molecule has 1 saturated heterocycles. The molecule has 0 aromatic carbocycles. The smallest absolute Gasteiger partial charge is 0.326 e. The van der Waals surface area contributed by atoms with Gasteiger partial charge in [0.2, 0.25) is 0 Å². The predicted octanol–water partition coefficient (Wildman–Crippen LogP) is -0.610. The molecule has 0 saturated carbocycles. The van der Waals surface area contributed by atoms with Gasteiger partial charge < -0.3 is 15.0 Å². The molecule has 1 amide bonds. The van der Waals surface area contributed by atoms with Gasteiger partial charge in [-0.1, -0.05) is 0 Å². The van der Waals surface area contributed by atoms with Crippen LogP contribution in [0.2, 0.25) is 0 Å². The van der Waals surface area contributed by atoms with Gasteiger partial charge in [0.15, 0.2) is 0 Å². The first-order valence-corrected chi connectivity index (χ1v) is 6.18. The lowest BCUT2D eigenvalue weighted by atomic mass is 9.80. The van der Waals surface area contributed by atoms with E-state index in [4.69, 9.17) is 5.11 Å². The Morgan fingerprint density at radius 2 is 1.85 bits per heavy atom. The Morgan fingerprint density at radius 1 is 1.25 bits per heavy atom. The second-order valence-electron chi connectivity index (χ2n) is 5.16. The van der Waals surface area contributed by atoms with Crippen molar-refractivity contribution in [1.82, 2.24) is 14.9 Å². The van der Waals surface area contributed by atoms with E-state index in [0.29, 0.717) is 12.8 Å². The van der Waals surface area contributed by atoms with E-state index in [2.05, 4.69) is 4.98 Å². The zero-order chi connectivity index (χ0) is 14.9. The maximum absolute atomic E-state index is 12.1. The highest BCUT2D eigenvalue weighted by Gasteiger charge is 2.38. The quantitative estimate of drug-likeness (QED) is 0.667. The van der Waals surface area contributed by atoms with E-state index >= 15 is 0 Å². The van der Waals surface area contributed by atoms with Gasteiger partial charge in [-0.2, -0.15) is 0 Å². The molecule has 1 aromatic rings. The van der Waals surface area contributed by atoms with Gasteiger partial charge in [0.05, 0.1) is 5.41 Å². The number of carbonyl (C=O) groups is 2. The Labute approximate surface area is 113 Å². The highest BCUT2D eigenvalue weighted by atomic mass is 16.4. The fraction of sp³-hybridized carbons (Fsp3) is 0.500. The van der Waals surface area contributed by atoms with E-state index in [-0.39, 0.29) is 18.8 Å². The number of nitrogens with one attached hydrogen (secondary N) is 2. The summed E-state index contributed by atoms with van der Waals surface area (Å²) < 4.78 is 0. The van der Waals surface area contributed by atoms with Gasteiger partial charge in [0.1, 0.15) is 5.69 Å². The molecule has 0 atom stereocenters. The summed E-state index contributed by atoms with van der Waals surface area (Å²) in [5, 5.41) is 9.12. The number of aromatic nitrogens is 2. The molecule has 1 aliphatic rings. The summed E-state index contributed by atoms with van der Waals surface area (Å²) in [6, 6.07) is 1.02. The maximum atomic E-state index is 12.1. The molecule has 8 heteroatoms. The van der Waals surface area contributed by atoms with Crippen LogP contribution in [0.15, 0.2) is 15.7 Å². The molecule has 0 unspecified atom stereocenters. The first-order valence-electron chi connectivity index (χ1n) is 6.18. The summed E-state index contributed by atoms with van der Waals surface area (Å²) in [6.07, 6.45) is 0.670. The van der Waals surface area contributed by atoms with E-state index in [9.17, 15) is 19.2 Å². The summed E-state index contributed by atoms with van der Waals surface area (Å²) in [5.41, 5.74) is -2.31. The molecular weight excluding hydrogens is 266 g/mol. The molecule has 0 bridgehead atoms. The lowest BCUT2D eigenvalue weighted by Crippen LogP contribution is -2.46. The van der Waals surface area contributed by atoms with E-state index in [1.165, 1.54) is 4.90 Å². The van der Waals surface area contributed by atoms with Crippen LogP contribution in [0.5, 0.6) is 0 Å². The third kappa shape index (κ3) is 2.63. The van der Waals surface area contributed by atoms with Crippen molar-refractivity contribution in [3.05, 3.63) is 32.6 Å². The first kappa shape index (κ1) is 14.0. The normalized spacial score (nSPS) is 17.8. The number of amides is 1. The summed E-state index contributed by atoms with van der Waals surface area (Å²) >= 11 is 0. The van der Waals surface area contributed by atoms with Crippen molar-refractivity contribution in [2.75, 3.05) is 13.1 Å². The average Bonchev–Trinajstić information content (AvgIpc) is 2.37. The van der Waals surface area contributed by atoms with Crippen LogP contribution in [-0.4, -0.2) is 44.9 Å². The number of hydrogen-bond acceptors (Lipinski definition) is 4. The van der Waals surface area contributed by atoms with Crippen molar-refractivity contribution in [2.24, 2.45) is 5.41 Å².